The summed E-state index contributed by atoms with van der Waals surface area (Å²) in [4.78, 5) is 3.77. The van der Waals surface area contributed by atoms with Crippen molar-refractivity contribution in [2.24, 2.45) is 0 Å². The highest BCUT2D eigenvalue weighted by molar-refractivity contribution is 7.86. The van der Waals surface area contributed by atoms with Gasteiger partial charge in [0.1, 0.15) is 0 Å². The van der Waals surface area contributed by atoms with E-state index in [1.54, 1.807) is 0 Å². The highest BCUT2D eigenvalue weighted by Gasteiger charge is 2.23. The number of unbranched alkanes of at least 4 members (excludes halogenated alkanes) is 10. The summed E-state index contributed by atoms with van der Waals surface area (Å²) in [5.74, 6) is 0. The SMILES string of the molecule is CCCCCCCCCCCCCC(OO)S(=O)(=O)O. The van der Waals surface area contributed by atoms with Gasteiger partial charge < -0.3 is 0 Å². The van der Waals surface area contributed by atoms with Crippen molar-refractivity contribution < 1.29 is 23.1 Å². The van der Waals surface area contributed by atoms with Gasteiger partial charge >= 0.3 is 0 Å². The summed E-state index contributed by atoms with van der Waals surface area (Å²) in [6, 6.07) is 0. The van der Waals surface area contributed by atoms with Crippen molar-refractivity contribution in [2.75, 3.05) is 0 Å². The fourth-order valence-corrected chi connectivity index (χ4v) is 2.80. The van der Waals surface area contributed by atoms with Crippen molar-refractivity contribution in [1.29, 1.82) is 0 Å². The van der Waals surface area contributed by atoms with Gasteiger partial charge in [-0.15, -0.1) is 0 Å². The van der Waals surface area contributed by atoms with Crippen LogP contribution in [0.15, 0.2) is 0 Å². The monoisotopic (exact) mass is 310 g/mol. The molecule has 20 heavy (non-hydrogen) atoms. The van der Waals surface area contributed by atoms with Crippen LogP contribution in [0.25, 0.3) is 0 Å². The molecule has 5 nitrogen and oxygen atoms in total. The van der Waals surface area contributed by atoms with Gasteiger partial charge in [-0.05, 0) is 12.8 Å². The number of hydrogen-bond acceptors (Lipinski definition) is 4. The molecule has 1 atom stereocenters. The molecule has 0 aromatic carbocycles. The minimum absolute atomic E-state index is 0.131. The van der Waals surface area contributed by atoms with Gasteiger partial charge in [0.15, 0.2) is 0 Å². The van der Waals surface area contributed by atoms with Gasteiger partial charge in [0.05, 0.1) is 0 Å². The molecule has 0 spiro atoms. The van der Waals surface area contributed by atoms with Crippen LogP contribution in [-0.2, 0) is 15.0 Å². The average molecular weight is 310 g/mol. The van der Waals surface area contributed by atoms with Gasteiger partial charge in [-0.1, -0.05) is 71.1 Å². The molecule has 0 saturated heterocycles. The molecule has 0 amide bonds. The third-order valence-corrected chi connectivity index (χ3v) is 4.48. The topological polar surface area (TPSA) is 83.8 Å². The largest absolute Gasteiger partial charge is 0.295 e. The molecular weight excluding hydrogens is 280 g/mol. The molecule has 0 fully saturated rings. The van der Waals surface area contributed by atoms with Crippen molar-refractivity contribution in [1.82, 2.24) is 0 Å². The van der Waals surface area contributed by atoms with Crippen molar-refractivity contribution in [3.63, 3.8) is 0 Å². The Hall–Kier alpha value is -0.170. The normalized spacial score (nSPS) is 13.6. The molecule has 0 bridgehead atoms. The first kappa shape index (κ1) is 19.8. The molecule has 1 unspecified atom stereocenters. The highest BCUT2D eigenvalue weighted by Crippen LogP contribution is 2.14. The summed E-state index contributed by atoms with van der Waals surface area (Å²) >= 11 is 0. The van der Waals surface area contributed by atoms with Gasteiger partial charge in [0, 0.05) is 0 Å². The maximum Gasteiger partial charge on any atom is 0.295 e. The third-order valence-electron chi connectivity index (χ3n) is 3.49. The first-order valence-electron chi connectivity index (χ1n) is 7.79. The zero-order valence-electron chi connectivity index (χ0n) is 12.6. The van der Waals surface area contributed by atoms with Crippen LogP contribution in [0.2, 0.25) is 0 Å². The minimum atomic E-state index is -4.30. The van der Waals surface area contributed by atoms with Gasteiger partial charge in [-0.25, -0.2) is 4.89 Å². The molecule has 0 aliphatic heterocycles. The minimum Gasteiger partial charge on any atom is -0.283 e. The molecule has 0 heterocycles. The van der Waals surface area contributed by atoms with E-state index in [0.717, 1.165) is 19.3 Å². The molecule has 122 valence electrons. The second-order valence-electron chi connectivity index (χ2n) is 5.37. The van der Waals surface area contributed by atoms with Crippen LogP contribution in [0.5, 0.6) is 0 Å². The van der Waals surface area contributed by atoms with Crippen molar-refractivity contribution in [2.45, 2.75) is 89.4 Å². The van der Waals surface area contributed by atoms with E-state index in [-0.39, 0.29) is 6.42 Å². The van der Waals surface area contributed by atoms with Crippen LogP contribution < -0.4 is 0 Å². The van der Waals surface area contributed by atoms with E-state index >= 15 is 0 Å². The Kier molecular flexibility index (Phi) is 12.5. The van der Waals surface area contributed by atoms with E-state index in [1.165, 1.54) is 44.9 Å². The van der Waals surface area contributed by atoms with Gasteiger partial charge in [0.25, 0.3) is 10.1 Å². The molecule has 0 radical (unpaired) electrons. The quantitative estimate of drug-likeness (QED) is 0.215. The standard InChI is InChI=1S/C14H30O5S/c1-2-3-4-5-6-7-8-9-10-11-12-13-14(19-15)20(16,17)18/h14-15H,2-13H2,1H3,(H,16,17,18). The lowest BCUT2D eigenvalue weighted by molar-refractivity contribution is -0.258. The van der Waals surface area contributed by atoms with Crippen LogP contribution in [0.3, 0.4) is 0 Å². The van der Waals surface area contributed by atoms with E-state index in [1.807, 2.05) is 0 Å². The lowest BCUT2D eigenvalue weighted by Crippen LogP contribution is -2.22. The van der Waals surface area contributed by atoms with Crippen LogP contribution in [0.4, 0.5) is 0 Å². The van der Waals surface area contributed by atoms with Gasteiger partial charge in [-0.2, -0.15) is 8.42 Å². The van der Waals surface area contributed by atoms with Crippen LogP contribution in [0, 0.1) is 0 Å². The predicted molar refractivity (Wildman–Crippen MR) is 80.1 cm³/mol. The van der Waals surface area contributed by atoms with E-state index in [9.17, 15) is 8.42 Å². The van der Waals surface area contributed by atoms with E-state index in [0.29, 0.717) is 6.42 Å². The molecule has 0 aromatic rings. The number of rotatable bonds is 14. The molecule has 6 heteroatoms. The summed E-state index contributed by atoms with van der Waals surface area (Å²) < 4.78 is 30.2. The van der Waals surface area contributed by atoms with Crippen LogP contribution in [-0.4, -0.2) is 23.7 Å². The molecule has 0 saturated carbocycles. The summed E-state index contributed by atoms with van der Waals surface area (Å²) in [6.45, 7) is 2.22. The zero-order valence-corrected chi connectivity index (χ0v) is 13.4. The van der Waals surface area contributed by atoms with Crippen molar-refractivity contribution >= 4 is 10.1 Å². The molecule has 0 aliphatic carbocycles. The van der Waals surface area contributed by atoms with E-state index in [4.69, 9.17) is 9.81 Å². The summed E-state index contributed by atoms with van der Waals surface area (Å²) in [5.41, 5.74) is -1.50. The second-order valence-corrected chi connectivity index (χ2v) is 6.93. The highest BCUT2D eigenvalue weighted by atomic mass is 32.2. The Morgan fingerprint density at radius 2 is 1.25 bits per heavy atom. The molecule has 0 aromatic heterocycles. The number of hydrogen-bond donors (Lipinski definition) is 2. The Morgan fingerprint density at radius 3 is 1.60 bits per heavy atom. The van der Waals surface area contributed by atoms with Crippen LogP contribution in [0.1, 0.15) is 84.0 Å². The Morgan fingerprint density at radius 1 is 0.850 bits per heavy atom. The molecule has 0 rings (SSSR count). The van der Waals surface area contributed by atoms with Crippen molar-refractivity contribution in [3.8, 4) is 0 Å². The summed E-state index contributed by atoms with van der Waals surface area (Å²) in [5, 5.41) is 8.38. The Labute approximate surface area is 123 Å². The smallest absolute Gasteiger partial charge is 0.283 e. The summed E-state index contributed by atoms with van der Waals surface area (Å²) in [7, 11) is -4.30. The van der Waals surface area contributed by atoms with Crippen molar-refractivity contribution in [3.05, 3.63) is 0 Å². The fraction of sp³-hybridized carbons (Fsp3) is 1.00. The Balaban J connectivity index is 3.32. The van der Waals surface area contributed by atoms with E-state index in [2.05, 4.69) is 11.8 Å². The average Bonchev–Trinajstić information content (AvgIpc) is 2.38. The van der Waals surface area contributed by atoms with Gasteiger partial charge in [-0.3, -0.25) is 9.81 Å². The third kappa shape index (κ3) is 11.6. The van der Waals surface area contributed by atoms with Crippen LogP contribution >= 0.6 is 0 Å². The van der Waals surface area contributed by atoms with E-state index < -0.39 is 15.6 Å². The molecular formula is C14H30O5S. The fourth-order valence-electron chi connectivity index (χ4n) is 2.23. The lowest BCUT2D eigenvalue weighted by atomic mass is 10.1. The maximum atomic E-state index is 10.7. The Bertz CT molecular complexity index is 303. The maximum absolute atomic E-state index is 10.7. The van der Waals surface area contributed by atoms with Gasteiger partial charge in [0.2, 0.25) is 5.44 Å². The summed E-state index contributed by atoms with van der Waals surface area (Å²) in [6.07, 6.45) is 13.0. The zero-order chi connectivity index (χ0) is 15.3. The molecule has 2 N–H and O–H groups in total. The predicted octanol–water partition coefficient (Wildman–Crippen LogP) is 4.39. The first-order chi connectivity index (χ1) is 9.52. The lowest BCUT2D eigenvalue weighted by Gasteiger charge is -2.09. The first-order valence-corrected chi connectivity index (χ1v) is 9.29. The molecule has 0 aliphatic rings. The second kappa shape index (κ2) is 12.6.